The highest BCUT2D eigenvalue weighted by Gasteiger charge is 2.70. The highest BCUT2D eigenvalue weighted by molar-refractivity contribution is 6.09. The Bertz CT molecular complexity index is 1880. The number of rotatable bonds is 8. The molecule has 3 aliphatic heterocycles. The number of ketones is 1. The van der Waals surface area contributed by atoms with Gasteiger partial charge in [-0.1, -0.05) is 42.5 Å². The van der Waals surface area contributed by atoms with Gasteiger partial charge in [0.25, 0.3) is 11.6 Å². The Balaban J connectivity index is 1.42. The number of benzene rings is 4. The van der Waals surface area contributed by atoms with Gasteiger partial charge in [-0.2, -0.15) is 0 Å². The van der Waals surface area contributed by atoms with E-state index in [1.165, 1.54) is 19.2 Å². The van der Waals surface area contributed by atoms with Crippen molar-refractivity contribution in [3.05, 3.63) is 124 Å². The molecule has 12 heteroatoms. The van der Waals surface area contributed by atoms with Gasteiger partial charge in [-0.25, -0.2) is 0 Å². The third-order valence-corrected chi connectivity index (χ3v) is 9.53. The molecule has 3 aliphatic rings. The van der Waals surface area contributed by atoms with Gasteiger partial charge in [-0.3, -0.25) is 29.8 Å². The van der Waals surface area contributed by atoms with Crippen molar-refractivity contribution in [3.63, 3.8) is 0 Å². The molecule has 1 N–H and O–H groups in total. The number of β-lactam (4-membered cyclic amide) rings is 1. The van der Waals surface area contributed by atoms with Gasteiger partial charge in [0, 0.05) is 29.8 Å². The number of methoxy groups -OCH3 is 2. The van der Waals surface area contributed by atoms with Gasteiger partial charge >= 0.3 is 5.97 Å². The first-order valence-electron chi connectivity index (χ1n) is 15.3. The van der Waals surface area contributed by atoms with Gasteiger partial charge in [0.05, 0.1) is 36.2 Å². The first kappa shape index (κ1) is 30.9. The van der Waals surface area contributed by atoms with E-state index in [4.69, 9.17) is 18.9 Å². The van der Waals surface area contributed by atoms with Crippen LogP contribution >= 0.6 is 0 Å². The van der Waals surface area contributed by atoms with Crippen LogP contribution in [0.15, 0.2) is 103 Å². The number of non-ortho nitro benzene ring substituents is 1. The molecule has 2 saturated heterocycles. The lowest BCUT2D eigenvalue weighted by Crippen LogP contribution is -2.76. The number of para-hydroxylation sites is 2. The molecule has 12 nitrogen and oxygen atoms in total. The number of anilines is 1. The summed E-state index contributed by atoms with van der Waals surface area (Å²) in [5.74, 6) is -0.767. The Hall–Kier alpha value is -5.75. The second-order valence-corrected chi connectivity index (χ2v) is 11.9. The lowest BCUT2D eigenvalue weighted by atomic mass is 9.61. The minimum atomic E-state index is -1.50. The molecule has 0 bridgehead atoms. The van der Waals surface area contributed by atoms with Crippen molar-refractivity contribution in [1.29, 1.82) is 0 Å². The predicted octanol–water partition coefficient (Wildman–Crippen LogP) is 4.33. The Kier molecular flexibility index (Phi) is 7.80. The molecule has 0 saturated carbocycles. The van der Waals surface area contributed by atoms with E-state index < -0.39 is 46.5 Å². The lowest BCUT2D eigenvalue weighted by molar-refractivity contribution is -0.384. The summed E-state index contributed by atoms with van der Waals surface area (Å²) in [4.78, 5) is 55.3. The minimum Gasteiger partial charge on any atom is -0.497 e. The average molecular weight is 650 g/mol. The fraction of sp³-hybridized carbons (Fsp3) is 0.250. The zero-order chi connectivity index (χ0) is 33.6. The van der Waals surface area contributed by atoms with E-state index in [0.717, 1.165) is 0 Å². The number of nitrogens with zero attached hydrogens (tertiary/aromatic N) is 2. The fourth-order valence-corrected chi connectivity index (χ4v) is 7.33. The topological polar surface area (TPSA) is 147 Å². The summed E-state index contributed by atoms with van der Waals surface area (Å²) < 4.78 is 23.2. The van der Waals surface area contributed by atoms with Crippen molar-refractivity contribution in [2.75, 3.05) is 25.7 Å². The van der Waals surface area contributed by atoms with Gasteiger partial charge in [0.1, 0.15) is 29.9 Å². The van der Waals surface area contributed by atoms with Gasteiger partial charge in [-0.15, -0.1) is 0 Å². The Morgan fingerprint density at radius 2 is 1.60 bits per heavy atom. The molecule has 0 aromatic heterocycles. The summed E-state index contributed by atoms with van der Waals surface area (Å²) in [5.41, 5.74) is -0.307. The summed E-state index contributed by atoms with van der Waals surface area (Å²) in [7, 11) is 2.80. The number of nitrogens with one attached hydrogen (secondary N) is 1. The molecule has 0 aliphatic carbocycles. The molecule has 1 amide bonds. The van der Waals surface area contributed by atoms with E-state index >= 15 is 4.79 Å². The van der Waals surface area contributed by atoms with Crippen LogP contribution in [0.5, 0.6) is 17.2 Å². The summed E-state index contributed by atoms with van der Waals surface area (Å²) in [6.07, 6.45) is -1.05. The number of esters is 1. The van der Waals surface area contributed by atoms with E-state index in [2.05, 4.69) is 5.32 Å². The second-order valence-electron chi connectivity index (χ2n) is 11.9. The van der Waals surface area contributed by atoms with Crippen molar-refractivity contribution in [2.24, 2.45) is 5.41 Å². The molecular weight excluding hydrogens is 618 g/mol. The van der Waals surface area contributed by atoms with Crippen LogP contribution in [0.4, 0.5) is 11.4 Å². The van der Waals surface area contributed by atoms with Crippen LogP contribution < -0.4 is 24.4 Å². The van der Waals surface area contributed by atoms with Crippen LogP contribution in [-0.4, -0.2) is 67.6 Å². The van der Waals surface area contributed by atoms with Crippen molar-refractivity contribution in [2.45, 2.75) is 30.1 Å². The number of Topliss-reactive ketones (excluding diaryl/α,β-unsaturated/α-hetero) is 1. The third kappa shape index (κ3) is 4.83. The zero-order valence-corrected chi connectivity index (χ0v) is 26.0. The molecule has 0 unspecified atom stereocenters. The van der Waals surface area contributed by atoms with Crippen LogP contribution in [0.2, 0.25) is 0 Å². The average Bonchev–Trinajstić information content (AvgIpc) is 3.45. The maximum atomic E-state index is 15.0. The van der Waals surface area contributed by atoms with Crippen LogP contribution in [0, 0.1) is 15.5 Å². The number of nitro groups is 1. The minimum absolute atomic E-state index is 0.145. The normalized spacial score (nSPS) is 25.9. The second kappa shape index (κ2) is 12.1. The number of carbonyl (C=O) groups excluding carboxylic acids is 3. The molecule has 3 heterocycles. The van der Waals surface area contributed by atoms with Crippen molar-refractivity contribution in [1.82, 2.24) is 5.32 Å². The number of amides is 1. The Morgan fingerprint density at radius 1 is 0.917 bits per heavy atom. The van der Waals surface area contributed by atoms with Gasteiger partial charge in [0.15, 0.2) is 11.9 Å². The molecule has 4 aromatic carbocycles. The van der Waals surface area contributed by atoms with Crippen LogP contribution in [0.25, 0.3) is 0 Å². The summed E-state index contributed by atoms with van der Waals surface area (Å²) in [6.45, 7) is -0.158. The van der Waals surface area contributed by atoms with Crippen LogP contribution in [0.1, 0.15) is 21.8 Å². The van der Waals surface area contributed by atoms with Crippen molar-refractivity contribution < 1.29 is 38.3 Å². The predicted molar refractivity (Wildman–Crippen MR) is 172 cm³/mol. The number of hydrogen-bond donors (Lipinski definition) is 1. The highest BCUT2D eigenvalue weighted by Crippen LogP contribution is 2.55. The smallest absolute Gasteiger partial charge is 0.323 e. The fourth-order valence-electron chi connectivity index (χ4n) is 7.33. The Morgan fingerprint density at radius 3 is 2.27 bits per heavy atom. The SMILES string of the molecule is COC(=O)[C@@H]1N[C@H]([C@@H]2[C@H](Oc3ccccc3)C(=O)N2c2ccc(OC)cc2)[C@@]2(COc3ccccc3C2=O)[C@H]1c1ccc([N+](=O)[O-])cc1. The summed E-state index contributed by atoms with van der Waals surface area (Å²) in [5, 5.41) is 14.9. The number of ether oxygens (including phenoxy) is 4. The molecule has 244 valence electrons. The number of hydrogen-bond acceptors (Lipinski definition) is 10. The maximum absolute atomic E-state index is 15.0. The standard InChI is InChI=1S/C36H31N3O9/c1-45-24-18-16-22(17-19-24)38-30(31(34(38)41)48-25-8-4-3-5-9-25)32-36(20-47-27-11-7-6-10-26(27)33(36)40)28(29(37-32)35(42)46-2)21-12-14-23(15-13-21)39(43)44/h3-19,28-32,37H,20H2,1-2H3/t28-,29+,30-,31-,32+,36+/m0/s1. The molecule has 7 rings (SSSR count). The first-order chi connectivity index (χ1) is 23.3. The quantitative estimate of drug-likeness (QED) is 0.127. The number of fused-ring (bicyclic) bond motifs is 1. The molecule has 4 aromatic rings. The molecule has 6 atom stereocenters. The molecule has 48 heavy (non-hydrogen) atoms. The molecule has 2 fully saturated rings. The van der Waals surface area contributed by atoms with E-state index in [9.17, 15) is 19.7 Å². The highest BCUT2D eigenvalue weighted by atomic mass is 16.6. The van der Waals surface area contributed by atoms with Gasteiger partial charge < -0.3 is 23.8 Å². The first-order valence-corrected chi connectivity index (χ1v) is 15.3. The van der Waals surface area contributed by atoms with Gasteiger partial charge in [0.2, 0.25) is 0 Å². The van der Waals surface area contributed by atoms with Crippen LogP contribution in [0.3, 0.4) is 0 Å². The van der Waals surface area contributed by atoms with E-state index in [1.54, 1.807) is 96.9 Å². The number of carbonyl (C=O) groups is 3. The monoisotopic (exact) mass is 649 g/mol. The van der Waals surface area contributed by atoms with E-state index in [1.807, 2.05) is 6.07 Å². The third-order valence-electron chi connectivity index (χ3n) is 9.53. The van der Waals surface area contributed by atoms with E-state index in [0.29, 0.717) is 34.1 Å². The Labute approximate surface area is 275 Å². The lowest BCUT2D eigenvalue weighted by Gasteiger charge is -2.53. The van der Waals surface area contributed by atoms with Crippen LogP contribution in [-0.2, 0) is 14.3 Å². The van der Waals surface area contributed by atoms with Crippen molar-refractivity contribution >= 4 is 29.0 Å². The molecule has 1 spiro atoms. The largest absolute Gasteiger partial charge is 0.497 e. The molecule has 0 radical (unpaired) electrons. The van der Waals surface area contributed by atoms with Crippen molar-refractivity contribution in [3.8, 4) is 17.2 Å². The zero-order valence-electron chi connectivity index (χ0n) is 26.0. The maximum Gasteiger partial charge on any atom is 0.323 e. The van der Waals surface area contributed by atoms with E-state index in [-0.39, 0.29) is 24.0 Å². The molecular formula is C36H31N3O9. The summed E-state index contributed by atoms with van der Waals surface area (Å²) >= 11 is 0. The van der Waals surface area contributed by atoms with Gasteiger partial charge in [-0.05, 0) is 54.1 Å². The number of nitro benzene ring substituents is 1. The summed E-state index contributed by atoms with van der Waals surface area (Å²) in [6, 6.07) is 25.6.